The lowest BCUT2D eigenvalue weighted by Crippen LogP contribution is -1.96. The Morgan fingerprint density at radius 2 is 0.400 bits per heavy atom. The summed E-state index contributed by atoms with van der Waals surface area (Å²) in [6.45, 7) is 0. The van der Waals surface area contributed by atoms with Crippen LogP contribution in [-0.4, -0.2) is 32.4 Å². The fourth-order valence-electron chi connectivity index (χ4n) is 23.3. The summed E-state index contributed by atoms with van der Waals surface area (Å²) < 4.78 is 22.6. The molecule has 0 bridgehead atoms. The Morgan fingerprint density at radius 1 is 0.124 bits per heavy atom. The van der Waals surface area contributed by atoms with E-state index in [0.717, 1.165) is 45.3 Å². The number of nitrogens with zero attached hydrogens (tertiary/aromatic N) is 7. The van der Waals surface area contributed by atoms with E-state index in [0.29, 0.717) is 0 Å². The van der Waals surface area contributed by atoms with Gasteiger partial charge in [-0.3, -0.25) is 0 Å². The van der Waals surface area contributed by atoms with Crippen LogP contribution in [0.4, 0.5) is 0 Å². The van der Waals surface area contributed by atoms with Crippen LogP contribution >= 0.6 is 34.0 Å². The molecular formula is C135H83N7S3. The van der Waals surface area contributed by atoms with Crippen molar-refractivity contribution in [2.24, 2.45) is 0 Å². The molecule has 0 aliphatic rings. The lowest BCUT2D eigenvalue weighted by Gasteiger charge is -2.11. The number of thiophene rings is 3. The van der Waals surface area contributed by atoms with Crippen molar-refractivity contribution in [1.29, 1.82) is 0 Å². The van der Waals surface area contributed by atoms with Crippen molar-refractivity contribution in [1.82, 2.24) is 32.4 Å². The SMILES string of the molecule is c1ccc(-c2cccc(-c3ccc(-n4c5ccccc5c5cc6c7cc8sc9ccccc9c8cc7n(-c7ccccc7)c6cc54)cc3)n2)cc1.c1ccc(-c2cccc(-n3c4ccccc4c4cc5c6cc7sc8ccc(-c9ccccc9)cc8c7cc6n(-c6ccccc6)c5cc43)c2)cc1.c1ccc(-n2c3cc4c(cc3c3cc5c6ccccc6n(-c6ccc7ccccc7c6)c5cc32)sc2ccccc24)cc1. The molecule has 7 nitrogen and oxygen atoms in total. The molecule has 0 N–H and O–H groups in total. The van der Waals surface area contributed by atoms with Crippen LogP contribution in [0.25, 0.3) is 281 Å². The molecule has 0 fully saturated rings. The Bertz CT molecular complexity index is 10900. The van der Waals surface area contributed by atoms with Crippen molar-refractivity contribution in [3.63, 3.8) is 0 Å². The predicted molar refractivity (Wildman–Crippen MR) is 621 cm³/mol. The number of para-hydroxylation sites is 6. The summed E-state index contributed by atoms with van der Waals surface area (Å²) in [5.74, 6) is 0. The number of hydrogen-bond acceptors (Lipinski definition) is 4. The van der Waals surface area contributed by atoms with Crippen molar-refractivity contribution in [2.75, 3.05) is 0 Å². The normalized spacial score (nSPS) is 12.0. The second-order valence-electron chi connectivity index (χ2n) is 38.0. The lowest BCUT2D eigenvalue weighted by molar-refractivity contribution is 1.16. The largest absolute Gasteiger partial charge is 0.309 e. The molecule has 0 saturated carbocycles. The van der Waals surface area contributed by atoms with Gasteiger partial charge in [0.25, 0.3) is 0 Å². The third-order valence-electron chi connectivity index (χ3n) is 29.9. The highest BCUT2D eigenvalue weighted by atomic mass is 32.1. The molecule has 0 saturated heterocycles. The molecule has 22 aromatic carbocycles. The maximum atomic E-state index is 5.02. The summed E-state index contributed by atoms with van der Waals surface area (Å²) >= 11 is 5.65. The summed E-state index contributed by atoms with van der Waals surface area (Å²) in [5.41, 5.74) is 30.6. The molecule has 0 aliphatic heterocycles. The van der Waals surface area contributed by atoms with E-state index in [2.05, 4.69) is 525 Å². The molecule has 0 radical (unpaired) electrons. The third kappa shape index (κ3) is 13.3. The van der Waals surface area contributed by atoms with E-state index in [-0.39, 0.29) is 0 Å². The summed E-state index contributed by atoms with van der Waals surface area (Å²) in [7, 11) is 0. The average Bonchev–Trinajstić information content (AvgIpc) is 1.55. The van der Waals surface area contributed by atoms with E-state index in [1.807, 2.05) is 40.1 Å². The van der Waals surface area contributed by atoms with Gasteiger partial charge in [-0.25, -0.2) is 4.98 Å². The number of fused-ring (bicyclic) bond motifs is 28. The highest BCUT2D eigenvalue weighted by Crippen LogP contribution is 2.50. The molecule has 10 aromatic heterocycles. The molecular weight excluding hydrogens is 1820 g/mol. The van der Waals surface area contributed by atoms with Crippen molar-refractivity contribution in [3.05, 3.63) is 504 Å². The van der Waals surface area contributed by atoms with Crippen molar-refractivity contribution in [2.45, 2.75) is 0 Å². The van der Waals surface area contributed by atoms with Gasteiger partial charge >= 0.3 is 0 Å². The van der Waals surface area contributed by atoms with Gasteiger partial charge in [-0.1, -0.05) is 303 Å². The summed E-state index contributed by atoms with van der Waals surface area (Å²) in [6.07, 6.45) is 0. The van der Waals surface area contributed by atoms with Crippen LogP contribution in [0, 0.1) is 0 Å². The number of pyridine rings is 1. The lowest BCUT2D eigenvalue weighted by atomic mass is 10.0. The van der Waals surface area contributed by atoms with Crippen LogP contribution in [0.15, 0.2) is 504 Å². The Labute approximate surface area is 844 Å². The minimum atomic E-state index is 0.965. The molecule has 676 valence electrons. The third-order valence-corrected chi connectivity index (χ3v) is 33.3. The van der Waals surface area contributed by atoms with Crippen LogP contribution in [0.2, 0.25) is 0 Å². The molecule has 32 aromatic rings. The minimum absolute atomic E-state index is 0.965. The monoisotopic (exact) mass is 1900 g/mol. The Kier molecular flexibility index (Phi) is 18.9. The zero-order chi connectivity index (χ0) is 95.0. The molecule has 32 rings (SSSR count). The quantitative estimate of drug-likeness (QED) is 0.135. The summed E-state index contributed by atoms with van der Waals surface area (Å²) in [6, 6.07) is 184. The van der Waals surface area contributed by atoms with Crippen molar-refractivity contribution >= 4 is 236 Å². The average molecular weight is 1900 g/mol. The molecule has 0 atom stereocenters. The highest BCUT2D eigenvalue weighted by Gasteiger charge is 2.27. The van der Waals surface area contributed by atoms with Gasteiger partial charge in [0.2, 0.25) is 0 Å². The van der Waals surface area contributed by atoms with E-state index in [1.165, 1.54) is 236 Å². The van der Waals surface area contributed by atoms with E-state index in [1.54, 1.807) is 0 Å². The van der Waals surface area contributed by atoms with Crippen molar-refractivity contribution in [3.8, 4) is 78.9 Å². The van der Waals surface area contributed by atoms with Gasteiger partial charge < -0.3 is 27.4 Å². The zero-order valence-electron chi connectivity index (χ0n) is 78.3. The van der Waals surface area contributed by atoms with E-state index in [9.17, 15) is 0 Å². The molecule has 0 spiro atoms. The van der Waals surface area contributed by atoms with Crippen LogP contribution in [0.3, 0.4) is 0 Å². The Balaban J connectivity index is 0.000000101. The molecule has 145 heavy (non-hydrogen) atoms. The van der Waals surface area contributed by atoms with Crippen LogP contribution in [0.1, 0.15) is 0 Å². The van der Waals surface area contributed by atoms with Gasteiger partial charge in [0, 0.05) is 170 Å². The van der Waals surface area contributed by atoms with Crippen LogP contribution < -0.4 is 0 Å². The highest BCUT2D eigenvalue weighted by molar-refractivity contribution is 7.26. The Hall–Kier alpha value is -18.3. The second kappa shape index (κ2) is 33.2. The number of rotatable bonds is 10. The van der Waals surface area contributed by atoms with E-state index in [4.69, 9.17) is 4.98 Å². The first-order valence-electron chi connectivity index (χ1n) is 49.4. The number of aromatic nitrogens is 7. The molecule has 0 amide bonds. The van der Waals surface area contributed by atoms with Crippen molar-refractivity contribution < 1.29 is 0 Å². The van der Waals surface area contributed by atoms with Gasteiger partial charge in [0.05, 0.1) is 77.6 Å². The Morgan fingerprint density at radius 3 is 0.848 bits per heavy atom. The van der Waals surface area contributed by atoms with Gasteiger partial charge in [0.1, 0.15) is 0 Å². The molecule has 10 heteroatoms. The van der Waals surface area contributed by atoms with Gasteiger partial charge in [-0.15, -0.1) is 34.0 Å². The first-order chi connectivity index (χ1) is 71.9. The number of hydrogen-bond donors (Lipinski definition) is 0. The summed E-state index contributed by atoms with van der Waals surface area (Å²) in [4.78, 5) is 5.02. The van der Waals surface area contributed by atoms with E-state index >= 15 is 0 Å². The first-order valence-corrected chi connectivity index (χ1v) is 51.9. The fourth-order valence-corrected chi connectivity index (χ4v) is 26.6. The standard InChI is InChI=1S/C48H30N2S.C47H29N3S.C40H24N2S/c1-4-13-31(14-5-1)33-17-12-20-36(25-33)50-43-22-11-10-21-37(43)38-27-39-40-29-48-42(41-26-34(23-24-47(41)51-48)32-15-6-2-7-16-32)28-44(40)49(46(39)30-45(38)50)35-18-8-3-9-19-35;1-3-12-30(13-4-1)40-18-11-19-41(48-40)31-22-24-33(25-23-31)49-42-20-9-7-16-34(42)36-26-37-38-28-47-39(35-17-8-10-21-46(35)51-47)27-43(38)50(45(37)29-44(36)49)32-14-5-2-6-15-32;1-2-12-27(13-3-1)41-36-22-34-30-15-7-9-17-39(30)43-40(34)23-33(36)32-21-31-29-14-6-8-16-35(29)42(37(31)24-38(32)41)28-19-18-25-10-4-5-11-26(25)20-28/h1-30H;1-29H;1-24H. The van der Waals surface area contributed by atoms with Gasteiger partial charge in [0.15, 0.2) is 0 Å². The van der Waals surface area contributed by atoms with Gasteiger partial charge in [-0.2, -0.15) is 0 Å². The smallest absolute Gasteiger partial charge is 0.0709 e. The fraction of sp³-hybridized carbons (Fsp3) is 0. The van der Waals surface area contributed by atoms with Crippen LogP contribution in [0.5, 0.6) is 0 Å². The maximum Gasteiger partial charge on any atom is 0.0709 e. The minimum Gasteiger partial charge on any atom is -0.309 e. The molecule has 0 aliphatic carbocycles. The molecule has 0 unspecified atom stereocenters. The second-order valence-corrected chi connectivity index (χ2v) is 41.2. The van der Waals surface area contributed by atoms with Gasteiger partial charge in [-0.05, 0) is 233 Å². The maximum absolute atomic E-state index is 5.02. The first kappa shape index (κ1) is 82.6. The molecule has 10 heterocycles. The van der Waals surface area contributed by atoms with E-state index < -0.39 is 0 Å². The topological polar surface area (TPSA) is 42.5 Å². The zero-order valence-corrected chi connectivity index (χ0v) is 80.7. The predicted octanol–water partition coefficient (Wildman–Crippen LogP) is 38.0. The number of benzene rings is 22. The van der Waals surface area contributed by atoms with Crippen LogP contribution in [-0.2, 0) is 0 Å². The summed E-state index contributed by atoms with van der Waals surface area (Å²) in [5, 5.41) is 25.6.